The average molecular weight is 292 g/mol. The van der Waals surface area contributed by atoms with Crippen molar-refractivity contribution in [3.8, 4) is 11.5 Å². The Balaban J connectivity index is 2.68. The highest BCUT2D eigenvalue weighted by molar-refractivity contribution is 5.83. The quantitative estimate of drug-likeness (QED) is 0.365. The highest BCUT2D eigenvalue weighted by Gasteiger charge is 2.43. The first kappa shape index (κ1) is 15.9. The van der Waals surface area contributed by atoms with E-state index in [1.54, 1.807) is 12.1 Å². The van der Waals surface area contributed by atoms with Crippen LogP contribution >= 0.6 is 0 Å². The van der Waals surface area contributed by atoms with Crippen LogP contribution in [-0.4, -0.2) is 30.4 Å². The number of alkyl halides is 3. The monoisotopic (exact) mass is 292 g/mol. The lowest BCUT2D eigenvalue weighted by atomic mass is 10.1. The molecule has 0 aliphatic heterocycles. The summed E-state index contributed by atoms with van der Waals surface area (Å²) in [5.74, 6) is -2.29. The summed E-state index contributed by atoms with van der Waals surface area (Å²) in [5.41, 5.74) is 5.01. The molecule has 1 rings (SSSR count). The highest BCUT2D eigenvalue weighted by Crippen LogP contribution is 2.27. The lowest BCUT2D eigenvalue weighted by molar-refractivity contribution is -0.162. The molecule has 1 unspecified atom stereocenters. The maximum atomic E-state index is 12.7. The molecule has 0 radical (unpaired) electrons. The zero-order chi connectivity index (χ0) is 15.2. The summed E-state index contributed by atoms with van der Waals surface area (Å²) in [7, 11) is 0. The van der Waals surface area contributed by atoms with Gasteiger partial charge in [-0.1, -0.05) is 5.16 Å². The third-order valence-electron chi connectivity index (χ3n) is 2.42. The molecule has 0 heterocycles. The molecule has 0 spiro atoms. The predicted octanol–water partition coefficient (Wildman–Crippen LogP) is 2.39. The minimum atomic E-state index is -4.65. The summed E-state index contributed by atoms with van der Waals surface area (Å²) in [4.78, 5) is 0. The van der Waals surface area contributed by atoms with Crippen molar-refractivity contribution in [3.05, 3.63) is 24.3 Å². The lowest BCUT2D eigenvalue weighted by Gasteiger charge is -2.19. The highest BCUT2D eigenvalue weighted by atomic mass is 19.4. The minimum Gasteiger partial charge on any atom is -0.494 e. The van der Waals surface area contributed by atoms with Crippen molar-refractivity contribution in [1.82, 2.24) is 0 Å². The number of nitrogens with two attached hydrogens (primary N) is 1. The molecule has 0 aliphatic carbocycles. The average Bonchev–Trinajstić information content (AvgIpc) is 2.39. The van der Waals surface area contributed by atoms with Gasteiger partial charge in [-0.3, -0.25) is 0 Å². The molecule has 1 aromatic carbocycles. The van der Waals surface area contributed by atoms with Gasteiger partial charge in [-0.05, 0) is 31.2 Å². The van der Waals surface area contributed by atoms with Crippen LogP contribution in [-0.2, 0) is 0 Å². The van der Waals surface area contributed by atoms with Gasteiger partial charge in [0.15, 0.2) is 5.84 Å². The zero-order valence-corrected chi connectivity index (χ0v) is 10.7. The fourth-order valence-electron chi connectivity index (χ4n) is 1.40. The van der Waals surface area contributed by atoms with Crippen LogP contribution in [0.3, 0.4) is 0 Å². The maximum absolute atomic E-state index is 12.7. The summed E-state index contributed by atoms with van der Waals surface area (Å²) in [6.07, 6.45) is -4.65. The Morgan fingerprint density at radius 3 is 2.15 bits per heavy atom. The fourth-order valence-corrected chi connectivity index (χ4v) is 1.40. The number of oxime groups is 1. The van der Waals surface area contributed by atoms with Gasteiger partial charge in [-0.15, -0.1) is 0 Å². The normalized spacial score (nSPS) is 13.9. The lowest BCUT2D eigenvalue weighted by Crippen LogP contribution is -2.40. The van der Waals surface area contributed by atoms with Gasteiger partial charge in [0.05, 0.1) is 6.61 Å². The molecule has 0 aromatic heterocycles. The van der Waals surface area contributed by atoms with E-state index in [2.05, 4.69) is 5.16 Å². The largest absolute Gasteiger partial charge is 0.494 e. The van der Waals surface area contributed by atoms with Crippen molar-refractivity contribution in [3.63, 3.8) is 0 Å². The first-order valence-corrected chi connectivity index (χ1v) is 5.78. The van der Waals surface area contributed by atoms with Crippen LogP contribution in [0.5, 0.6) is 11.5 Å². The molecule has 20 heavy (non-hydrogen) atoms. The van der Waals surface area contributed by atoms with Crippen molar-refractivity contribution < 1.29 is 27.9 Å². The molecule has 1 atom stereocenters. The summed E-state index contributed by atoms with van der Waals surface area (Å²) in [6, 6.07) is 6.10. The van der Waals surface area contributed by atoms with Crippen molar-refractivity contribution >= 4 is 5.84 Å². The van der Waals surface area contributed by atoms with Gasteiger partial charge in [-0.2, -0.15) is 13.2 Å². The number of hydrogen-bond donors (Lipinski definition) is 2. The van der Waals surface area contributed by atoms with E-state index in [0.717, 1.165) is 0 Å². The fraction of sp³-hybridized carbons (Fsp3) is 0.417. The van der Waals surface area contributed by atoms with E-state index in [-0.39, 0.29) is 5.75 Å². The Labute approximate surface area is 113 Å². The van der Waals surface area contributed by atoms with E-state index in [4.69, 9.17) is 20.4 Å². The van der Waals surface area contributed by atoms with E-state index >= 15 is 0 Å². The van der Waals surface area contributed by atoms with Gasteiger partial charge in [0.25, 0.3) is 0 Å². The topological polar surface area (TPSA) is 77.1 Å². The minimum absolute atomic E-state index is 0.230. The first-order valence-electron chi connectivity index (χ1n) is 5.78. The molecule has 0 saturated carbocycles. The SMILES string of the molecule is CCOc1ccc(OCC(/C(N)=N/O)C(F)(F)F)cc1. The van der Waals surface area contributed by atoms with Gasteiger partial charge in [0.2, 0.25) is 0 Å². The summed E-state index contributed by atoms with van der Waals surface area (Å²) >= 11 is 0. The van der Waals surface area contributed by atoms with Gasteiger partial charge in [0.1, 0.15) is 24.0 Å². The molecule has 112 valence electrons. The van der Waals surface area contributed by atoms with E-state index in [1.165, 1.54) is 12.1 Å². The van der Waals surface area contributed by atoms with E-state index in [9.17, 15) is 13.2 Å². The number of hydrogen-bond acceptors (Lipinski definition) is 4. The van der Waals surface area contributed by atoms with Crippen molar-refractivity contribution in [2.45, 2.75) is 13.1 Å². The second-order valence-electron chi connectivity index (χ2n) is 3.83. The van der Waals surface area contributed by atoms with Crippen LogP contribution in [0.2, 0.25) is 0 Å². The predicted molar refractivity (Wildman–Crippen MR) is 66.1 cm³/mol. The van der Waals surface area contributed by atoms with Crippen molar-refractivity contribution in [1.29, 1.82) is 0 Å². The Morgan fingerprint density at radius 2 is 1.75 bits per heavy atom. The Morgan fingerprint density at radius 1 is 1.25 bits per heavy atom. The Bertz CT molecular complexity index is 446. The molecule has 3 N–H and O–H groups in total. The van der Waals surface area contributed by atoms with Crippen molar-refractivity contribution in [2.75, 3.05) is 13.2 Å². The van der Waals surface area contributed by atoms with E-state index in [0.29, 0.717) is 12.4 Å². The molecular weight excluding hydrogens is 277 g/mol. The smallest absolute Gasteiger partial charge is 0.402 e. The summed E-state index contributed by atoms with van der Waals surface area (Å²) in [5, 5.41) is 10.7. The van der Waals surface area contributed by atoms with E-state index < -0.39 is 24.5 Å². The summed E-state index contributed by atoms with van der Waals surface area (Å²) in [6.45, 7) is 1.53. The molecule has 0 saturated heterocycles. The zero-order valence-electron chi connectivity index (χ0n) is 10.7. The maximum Gasteiger partial charge on any atom is 0.402 e. The number of halogens is 3. The first-order chi connectivity index (χ1) is 9.38. The van der Waals surface area contributed by atoms with E-state index in [1.807, 2.05) is 6.92 Å². The molecule has 5 nitrogen and oxygen atoms in total. The molecular formula is C12H15F3N2O3. The molecule has 0 fully saturated rings. The molecule has 8 heteroatoms. The van der Waals surface area contributed by atoms with Crippen LogP contribution in [0.25, 0.3) is 0 Å². The summed E-state index contributed by atoms with van der Waals surface area (Å²) < 4.78 is 48.2. The van der Waals surface area contributed by atoms with Crippen LogP contribution in [0.1, 0.15) is 6.92 Å². The number of nitrogens with zero attached hydrogens (tertiary/aromatic N) is 1. The molecule has 0 bridgehead atoms. The van der Waals surface area contributed by atoms with Gasteiger partial charge < -0.3 is 20.4 Å². The van der Waals surface area contributed by atoms with Gasteiger partial charge in [0, 0.05) is 0 Å². The van der Waals surface area contributed by atoms with Crippen LogP contribution < -0.4 is 15.2 Å². The molecule has 1 aromatic rings. The third kappa shape index (κ3) is 4.52. The molecule has 0 aliphatic rings. The number of amidine groups is 1. The number of rotatable bonds is 6. The van der Waals surface area contributed by atoms with Gasteiger partial charge in [-0.25, -0.2) is 0 Å². The standard InChI is InChI=1S/C12H15F3N2O3/c1-2-19-8-3-5-9(6-4-8)20-7-10(11(16)17-18)12(13,14)15/h3-6,10,18H,2,7H2,1H3,(H2,16,17). The van der Waals surface area contributed by atoms with Gasteiger partial charge >= 0.3 is 6.18 Å². The number of benzene rings is 1. The van der Waals surface area contributed by atoms with Crippen LogP contribution in [0.15, 0.2) is 29.4 Å². The van der Waals surface area contributed by atoms with Crippen molar-refractivity contribution in [2.24, 2.45) is 16.8 Å². The van der Waals surface area contributed by atoms with Crippen LogP contribution in [0, 0.1) is 5.92 Å². The second-order valence-corrected chi connectivity index (χ2v) is 3.83. The Kier molecular flexibility index (Phi) is 5.48. The number of ether oxygens (including phenoxy) is 2. The third-order valence-corrected chi connectivity index (χ3v) is 2.42. The Hall–Kier alpha value is -2.12. The molecule has 0 amide bonds. The second kappa shape index (κ2) is 6.88. The van der Waals surface area contributed by atoms with Crippen LogP contribution in [0.4, 0.5) is 13.2 Å².